The van der Waals surface area contributed by atoms with E-state index in [1.165, 1.54) is 0 Å². The van der Waals surface area contributed by atoms with E-state index in [1.807, 2.05) is 49.4 Å². The number of halogens is 1. The molecule has 2 aliphatic rings. The van der Waals surface area contributed by atoms with Crippen molar-refractivity contribution in [2.75, 3.05) is 26.3 Å². The number of pyridine rings is 1. The van der Waals surface area contributed by atoms with E-state index < -0.39 is 0 Å². The van der Waals surface area contributed by atoms with Crippen LogP contribution in [0.2, 0.25) is 5.02 Å². The summed E-state index contributed by atoms with van der Waals surface area (Å²) in [7, 11) is 0. The number of para-hydroxylation sites is 1. The van der Waals surface area contributed by atoms with Crippen LogP contribution in [0.25, 0.3) is 5.69 Å². The molecule has 7 heteroatoms. The molecule has 5 rings (SSSR count). The molecule has 0 N–H and O–H groups in total. The van der Waals surface area contributed by atoms with E-state index >= 15 is 0 Å². The van der Waals surface area contributed by atoms with Gasteiger partial charge in [0, 0.05) is 52.1 Å². The first kappa shape index (κ1) is 21.3. The van der Waals surface area contributed by atoms with Crippen molar-refractivity contribution in [2.24, 2.45) is 0 Å². The standard InChI is InChI=1S/C25H23ClN2O3S/c1-16-14-21(29)24(25(30)27-10-12-31-13-11-27)20-15-23(17-6-2-3-7-18(17)26)32-22-9-5-4-8-19(22)28(16)20/h2-9,14,23H,10-13,15H2,1H3. The molecule has 0 radical (unpaired) electrons. The van der Waals surface area contributed by atoms with Crippen LogP contribution in [-0.4, -0.2) is 41.7 Å². The number of carbonyl (C=O) groups is 1. The highest BCUT2D eigenvalue weighted by atomic mass is 35.5. The number of aryl methyl sites for hydroxylation is 1. The van der Waals surface area contributed by atoms with E-state index in [0.29, 0.717) is 37.7 Å². The first-order valence-corrected chi connectivity index (χ1v) is 11.9. The van der Waals surface area contributed by atoms with Crippen molar-refractivity contribution in [3.05, 3.63) is 92.4 Å². The van der Waals surface area contributed by atoms with Gasteiger partial charge in [-0.1, -0.05) is 41.9 Å². The fourth-order valence-corrected chi connectivity index (χ4v) is 6.15. The molecular weight excluding hydrogens is 444 g/mol. The maximum Gasteiger partial charge on any atom is 0.259 e. The summed E-state index contributed by atoms with van der Waals surface area (Å²) >= 11 is 8.30. The summed E-state index contributed by atoms with van der Waals surface area (Å²) in [6.07, 6.45) is 0.519. The van der Waals surface area contributed by atoms with Crippen LogP contribution >= 0.6 is 23.4 Å². The third-order valence-corrected chi connectivity index (χ3v) is 7.66. The lowest BCUT2D eigenvalue weighted by molar-refractivity contribution is 0.0300. The van der Waals surface area contributed by atoms with E-state index in [-0.39, 0.29) is 22.1 Å². The zero-order chi connectivity index (χ0) is 22.2. The monoisotopic (exact) mass is 466 g/mol. The van der Waals surface area contributed by atoms with Gasteiger partial charge < -0.3 is 14.2 Å². The quantitative estimate of drug-likeness (QED) is 0.551. The molecule has 2 aromatic carbocycles. The Kier molecular flexibility index (Phi) is 5.84. The minimum atomic E-state index is -0.229. The Labute approximate surface area is 196 Å². The van der Waals surface area contributed by atoms with Gasteiger partial charge in [-0.15, -0.1) is 11.8 Å². The molecule has 5 nitrogen and oxygen atoms in total. The second kappa shape index (κ2) is 8.77. The smallest absolute Gasteiger partial charge is 0.259 e. The van der Waals surface area contributed by atoms with Crippen molar-refractivity contribution < 1.29 is 9.53 Å². The van der Waals surface area contributed by atoms with Crippen molar-refractivity contribution in [1.29, 1.82) is 0 Å². The minimum absolute atomic E-state index is 0.0314. The molecule has 1 aromatic heterocycles. The van der Waals surface area contributed by atoms with Gasteiger partial charge in [0.05, 0.1) is 18.9 Å². The van der Waals surface area contributed by atoms with Gasteiger partial charge in [-0.3, -0.25) is 9.59 Å². The summed E-state index contributed by atoms with van der Waals surface area (Å²) in [5, 5.41) is 0.656. The molecule has 3 heterocycles. The molecule has 32 heavy (non-hydrogen) atoms. The number of amides is 1. The fourth-order valence-electron chi connectivity index (χ4n) is 4.50. The van der Waals surface area contributed by atoms with Crippen LogP contribution in [0.3, 0.4) is 0 Å². The maximum absolute atomic E-state index is 13.6. The van der Waals surface area contributed by atoms with Crippen LogP contribution in [0, 0.1) is 6.92 Å². The predicted molar refractivity (Wildman–Crippen MR) is 127 cm³/mol. The summed E-state index contributed by atoms with van der Waals surface area (Å²) in [5.74, 6) is -0.218. The van der Waals surface area contributed by atoms with E-state index in [4.69, 9.17) is 16.3 Å². The molecule has 1 amide bonds. The van der Waals surface area contributed by atoms with Crippen LogP contribution in [0.5, 0.6) is 0 Å². The second-order valence-corrected chi connectivity index (χ2v) is 9.66. The molecule has 1 fully saturated rings. The van der Waals surface area contributed by atoms with Crippen LogP contribution in [0.1, 0.15) is 32.6 Å². The average molecular weight is 467 g/mol. The first-order chi connectivity index (χ1) is 15.5. The van der Waals surface area contributed by atoms with Gasteiger partial charge in [-0.05, 0) is 30.7 Å². The highest BCUT2D eigenvalue weighted by Gasteiger charge is 2.31. The number of ether oxygens (including phenoxy) is 1. The number of aromatic nitrogens is 1. The SMILES string of the molecule is Cc1cc(=O)c(C(=O)N2CCOCC2)c2n1-c1ccccc1SC(c1ccccc1Cl)C2. The number of morpholine rings is 1. The van der Waals surface area contributed by atoms with Gasteiger partial charge >= 0.3 is 0 Å². The molecule has 164 valence electrons. The average Bonchev–Trinajstić information content (AvgIpc) is 2.97. The van der Waals surface area contributed by atoms with Gasteiger partial charge in [0.1, 0.15) is 5.56 Å². The molecule has 0 saturated carbocycles. The largest absolute Gasteiger partial charge is 0.378 e. The maximum atomic E-state index is 13.6. The fraction of sp³-hybridized carbons (Fsp3) is 0.280. The first-order valence-electron chi connectivity index (χ1n) is 10.7. The van der Waals surface area contributed by atoms with Crippen LogP contribution < -0.4 is 5.43 Å². The number of rotatable bonds is 2. The Hall–Kier alpha value is -2.54. The summed E-state index contributed by atoms with van der Waals surface area (Å²) in [4.78, 5) is 29.6. The van der Waals surface area contributed by atoms with Gasteiger partial charge in [0.15, 0.2) is 5.43 Å². The Morgan fingerprint density at radius 2 is 1.81 bits per heavy atom. The number of hydrogen-bond donors (Lipinski definition) is 0. The highest BCUT2D eigenvalue weighted by Crippen LogP contribution is 2.46. The van der Waals surface area contributed by atoms with Crippen molar-refractivity contribution in [3.63, 3.8) is 0 Å². The minimum Gasteiger partial charge on any atom is -0.378 e. The zero-order valence-corrected chi connectivity index (χ0v) is 19.3. The number of thioether (sulfide) groups is 1. The Balaban J connectivity index is 1.73. The molecule has 0 spiro atoms. The third-order valence-electron chi connectivity index (χ3n) is 6.02. The molecule has 0 aliphatic carbocycles. The van der Waals surface area contributed by atoms with Crippen molar-refractivity contribution in [1.82, 2.24) is 9.47 Å². The third kappa shape index (κ3) is 3.76. The number of hydrogen-bond acceptors (Lipinski definition) is 4. The van der Waals surface area contributed by atoms with Gasteiger partial charge in [0.2, 0.25) is 0 Å². The van der Waals surface area contributed by atoms with Gasteiger partial charge in [0.25, 0.3) is 5.91 Å². The molecule has 1 atom stereocenters. The van der Waals surface area contributed by atoms with Crippen LogP contribution in [0.15, 0.2) is 64.3 Å². The van der Waals surface area contributed by atoms with Crippen LogP contribution in [-0.2, 0) is 11.2 Å². The number of fused-ring (bicyclic) bond motifs is 3. The van der Waals surface area contributed by atoms with E-state index in [9.17, 15) is 9.59 Å². The number of carbonyl (C=O) groups excluding carboxylic acids is 1. The number of benzene rings is 2. The molecule has 1 unspecified atom stereocenters. The lowest BCUT2D eigenvalue weighted by atomic mass is 10.0. The molecule has 2 aliphatic heterocycles. The summed E-state index contributed by atoms with van der Waals surface area (Å²) in [6.45, 7) is 3.88. The lowest BCUT2D eigenvalue weighted by Gasteiger charge is -2.28. The Bertz CT molecular complexity index is 1250. The van der Waals surface area contributed by atoms with Crippen molar-refractivity contribution in [3.8, 4) is 5.69 Å². The van der Waals surface area contributed by atoms with Crippen molar-refractivity contribution in [2.45, 2.75) is 23.5 Å². The molecular formula is C25H23ClN2O3S. The van der Waals surface area contributed by atoms with Crippen molar-refractivity contribution >= 4 is 29.3 Å². The highest BCUT2D eigenvalue weighted by molar-refractivity contribution is 7.99. The molecule has 0 bridgehead atoms. The van der Waals surface area contributed by atoms with Gasteiger partial charge in [-0.25, -0.2) is 0 Å². The topological polar surface area (TPSA) is 51.5 Å². The Morgan fingerprint density at radius 1 is 1.09 bits per heavy atom. The summed E-state index contributed by atoms with van der Waals surface area (Å²) < 4.78 is 7.48. The zero-order valence-electron chi connectivity index (χ0n) is 17.7. The number of nitrogens with zero attached hydrogens (tertiary/aromatic N) is 2. The molecule has 1 saturated heterocycles. The lowest BCUT2D eigenvalue weighted by Crippen LogP contribution is -2.43. The predicted octanol–water partition coefficient (Wildman–Crippen LogP) is 4.66. The van der Waals surface area contributed by atoms with Crippen LogP contribution in [0.4, 0.5) is 0 Å². The molecule has 3 aromatic rings. The normalized spacial score (nSPS) is 17.9. The summed E-state index contributed by atoms with van der Waals surface area (Å²) in [5.41, 5.74) is 3.57. The Morgan fingerprint density at radius 3 is 2.59 bits per heavy atom. The van der Waals surface area contributed by atoms with Gasteiger partial charge in [-0.2, -0.15) is 0 Å². The van der Waals surface area contributed by atoms with E-state index in [2.05, 4.69) is 10.6 Å². The van der Waals surface area contributed by atoms with E-state index in [1.54, 1.807) is 22.7 Å². The summed E-state index contributed by atoms with van der Waals surface area (Å²) in [6, 6.07) is 17.5. The van der Waals surface area contributed by atoms with E-state index in [0.717, 1.165) is 27.5 Å². The second-order valence-electron chi connectivity index (χ2n) is 8.01.